The summed E-state index contributed by atoms with van der Waals surface area (Å²) in [6.07, 6.45) is -1.08. The second kappa shape index (κ2) is 12.1. The van der Waals surface area contributed by atoms with Gasteiger partial charge < -0.3 is 25.8 Å². The molecule has 6 N–H and O–H groups in total. The molecule has 1 aliphatic heterocycles. The number of nitrogens with two attached hydrogens (primary N) is 1. The van der Waals surface area contributed by atoms with Crippen LogP contribution in [0, 0.1) is 5.41 Å². The summed E-state index contributed by atoms with van der Waals surface area (Å²) in [6.45, 7) is 3.79. The summed E-state index contributed by atoms with van der Waals surface area (Å²) in [5.41, 5.74) is 4.18. The van der Waals surface area contributed by atoms with Crippen molar-refractivity contribution in [3.8, 4) is 0 Å². The van der Waals surface area contributed by atoms with Crippen LogP contribution in [0.2, 0.25) is 0 Å². The van der Waals surface area contributed by atoms with Crippen molar-refractivity contribution in [2.45, 2.75) is 44.8 Å². The average molecular weight is 597 g/mol. The minimum atomic E-state index is -4.05. The molecule has 3 aromatic rings. The molecule has 5 atom stereocenters. The van der Waals surface area contributed by atoms with Gasteiger partial charge in [-0.3, -0.25) is 23.5 Å². The number of aromatic nitrogens is 4. The molecule has 1 fully saturated rings. The Kier molecular flexibility index (Phi) is 9.17. The molecular weight excluding hydrogens is 563 g/mol. The molecule has 0 amide bonds. The Morgan fingerprint density at radius 2 is 2.00 bits per heavy atom. The number of fused-ring (bicyclic) bond motifs is 1. The minimum absolute atomic E-state index is 0.119. The number of carbonyl (C=O) groups is 1. The highest BCUT2D eigenvalue weighted by atomic mass is 32.2. The van der Waals surface area contributed by atoms with Gasteiger partial charge in [0.25, 0.3) is 0 Å². The second-order valence-corrected chi connectivity index (χ2v) is 12.9. The lowest BCUT2D eigenvalue weighted by molar-refractivity contribution is -0.119. The Hall–Kier alpha value is -2.62. The number of nitrogen functional groups attached to an aromatic ring is 1. The molecule has 1 aromatic carbocycles. The van der Waals surface area contributed by atoms with E-state index < -0.39 is 43.8 Å². The van der Waals surface area contributed by atoms with E-state index in [0.717, 1.165) is 11.8 Å². The number of aliphatic hydroxyl groups is 3. The van der Waals surface area contributed by atoms with Crippen molar-refractivity contribution in [2.75, 3.05) is 36.4 Å². The van der Waals surface area contributed by atoms with Crippen LogP contribution in [0.15, 0.2) is 43.0 Å². The maximum atomic E-state index is 13.7. The first-order valence-electron chi connectivity index (χ1n) is 12.4. The van der Waals surface area contributed by atoms with Crippen molar-refractivity contribution in [2.24, 2.45) is 5.41 Å². The van der Waals surface area contributed by atoms with Gasteiger partial charge in [0, 0.05) is 11.4 Å². The molecule has 14 nitrogen and oxygen atoms in total. The smallest absolute Gasteiger partial charge is 0.395 e. The molecule has 0 spiro atoms. The highest BCUT2D eigenvalue weighted by molar-refractivity contribution is 8.13. The van der Waals surface area contributed by atoms with Gasteiger partial charge in [0.15, 0.2) is 22.8 Å². The van der Waals surface area contributed by atoms with Gasteiger partial charge in [-0.1, -0.05) is 30.0 Å². The minimum Gasteiger partial charge on any atom is -0.395 e. The molecule has 2 aromatic heterocycles. The molecule has 218 valence electrons. The van der Waals surface area contributed by atoms with E-state index in [4.69, 9.17) is 19.5 Å². The van der Waals surface area contributed by atoms with Crippen molar-refractivity contribution in [3.05, 3.63) is 43.0 Å². The molecule has 16 heteroatoms. The molecule has 0 aliphatic carbocycles. The van der Waals surface area contributed by atoms with Gasteiger partial charge >= 0.3 is 7.75 Å². The number of hydrogen-bond donors (Lipinski definition) is 5. The van der Waals surface area contributed by atoms with Gasteiger partial charge in [0.1, 0.15) is 29.7 Å². The number of anilines is 2. The summed E-state index contributed by atoms with van der Waals surface area (Å²) in [5, 5.41) is 34.0. The van der Waals surface area contributed by atoms with E-state index in [1.54, 1.807) is 44.2 Å². The lowest BCUT2D eigenvalue weighted by atomic mass is 9.96. The highest BCUT2D eigenvalue weighted by Gasteiger charge is 2.54. The van der Waals surface area contributed by atoms with Crippen LogP contribution in [0.25, 0.3) is 11.2 Å². The van der Waals surface area contributed by atoms with Gasteiger partial charge in [-0.05, 0) is 32.9 Å². The largest absolute Gasteiger partial charge is 0.432 e. The molecule has 1 saturated heterocycles. The first kappa shape index (κ1) is 30.3. The number of carbonyl (C=O) groups excluding carboxylic acids is 1. The number of para-hydroxylation sites is 1. The standard InChI is InChI=1S/C24H33N6O8PS/c1-23(2,12-31)22(33)40-10-9-36-39(35,29-15-7-5-4-6-8-15)37-11-16-18(32)24(3,34)21(38-16)30-14-28-17-19(25)26-13-27-20(17)30/h4-8,13-14,16,18,21,31-32,34H,9-12H2,1-3H3,(H,29,35)(H2,25,26,27)/t16-,18?,21-,24+,39?/m1/s1. The number of hydrogen-bond acceptors (Lipinski definition) is 13. The second-order valence-electron chi connectivity index (χ2n) is 10.1. The van der Waals surface area contributed by atoms with E-state index in [-0.39, 0.29) is 29.9 Å². The number of nitrogens with zero attached hydrogens (tertiary/aromatic N) is 4. The van der Waals surface area contributed by atoms with E-state index in [0.29, 0.717) is 16.9 Å². The van der Waals surface area contributed by atoms with Crippen LogP contribution in [-0.4, -0.2) is 83.3 Å². The molecular formula is C24H33N6O8PS. The topological polar surface area (TPSA) is 204 Å². The number of rotatable bonds is 12. The zero-order chi connectivity index (χ0) is 29.1. The Balaban J connectivity index is 1.46. The molecule has 0 saturated carbocycles. The average Bonchev–Trinajstić information content (AvgIpc) is 3.45. The fourth-order valence-electron chi connectivity index (χ4n) is 3.92. The predicted octanol–water partition coefficient (Wildman–Crippen LogP) is 1.95. The van der Waals surface area contributed by atoms with E-state index in [9.17, 15) is 24.7 Å². The number of nitrogens with one attached hydrogen (secondary N) is 1. The summed E-state index contributed by atoms with van der Waals surface area (Å²) in [4.78, 5) is 24.5. The molecule has 2 unspecified atom stereocenters. The number of ether oxygens (including phenoxy) is 1. The van der Waals surface area contributed by atoms with Crippen LogP contribution in [0.5, 0.6) is 0 Å². The maximum absolute atomic E-state index is 13.7. The van der Waals surface area contributed by atoms with Crippen LogP contribution in [-0.2, 0) is 23.1 Å². The van der Waals surface area contributed by atoms with Gasteiger partial charge in [0.05, 0.1) is 31.6 Å². The van der Waals surface area contributed by atoms with E-state index in [1.807, 2.05) is 0 Å². The summed E-state index contributed by atoms with van der Waals surface area (Å²) in [7, 11) is -4.05. The zero-order valence-corrected chi connectivity index (χ0v) is 23.9. The number of thioether (sulfide) groups is 1. The van der Waals surface area contributed by atoms with Crippen molar-refractivity contribution in [1.82, 2.24) is 19.5 Å². The quantitative estimate of drug-likeness (QED) is 0.150. The van der Waals surface area contributed by atoms with Gasteiger partial charge in [-0.15, -0.1) is 0 Å². The summed E-state index contributed by atoms with van der Waals surface area (Å²) >= 11 is 0.945. The lowest BCUT2D eigenvalue weighted by Gasteiger charge is -2.27. The van der Waals surface area contributed by atoms with Crippen LogP contribution >= 0.6 is 19.5 Å². The molecule has 0 radical (unpaired) electrons. The Morgan fingerprint density at radius 3 is 2.70 bits per heavy atom. The summed E-state index contributed by atoms with van der Waals surface area (Å²) < 4.78 is 32.3. The highest BCUT2D eigenvalue weighted by Crippen LogP contribution is 2.49. The Morgan fingerprint density at radius 1 is 1.27 bits per heavy atom. The fourth-order valence-corrected chi connectivity index (χ4v) is 6.19. The third-order valence-corrected chi connectivity index (χ3v) is 9.10. The SMILES string of the molecule is CC(C)(CO)C(=O)SCCOP(=O)(Nc1ccccc1)OC[C@H]1O[C@@H](n2cnc3c(N)ncnc32)[C@@](C)(O)C1O. The van der Waals surface area contributed by atoms with Crippen molar-refractivity contribution >= 4 is 47.3 Å². The van der Waals surface area contributed by atoms with Gasteiger partial charge in [0.2, 0.25) is 0 Å². The van der Waals surface area contributed by atoms with Crippen molar-refractivity contribution in [3.63, 3.8) is 0 Å². The van der Waals surface area contributed by atoms with Crippen molar-refractivity contribution < 1.29 is 38.5 Å². The molecule has 1 aliphatic rings. The Bertz CT molecular complexity index is 1370. The summed E-state index contributed by atoms with van der Waals surface area (Å²) in [6, 6.07) is 8.58. The number of benzene rings is 1. The van der Waals surface area contributed by atoms with Crippen molar-refractivity contribution in [1.29, 1.82) is 0 Å². The Labute approximate surface area is 234 Å². The lowest BCUT2D eigenvalue weighted by Crippen LogP contribution is -2.44. The third-order valence-electron chi connectivity index (χ3n) is 6.37. The van der Waals surface area contributed by atoms with E-state index in [1.165, 1.54) is 24.1 Å². The molecule has 0 bridgehead atoms. The molecule has 3 heterocycles. The van der Waals surface area contributed by atoms with Gasteiger partial charge in [-0.2, -0.15) is 0 Å². The fraction of sp³-hybridized carbons (Fsp3) is 0.500. The number of imidazole rings is 1. The monoisotopic (exact) mass is 596 g/mol. The molecule has 40 heavy (non-hydrogen) atoms. The third kappa shape index (κ3) is 6.47. The van der Waals surface area contributed by atoms with E-state index in [2.05, 4.69) is 20.0 Å². The van der Waals surface area contributed by atoms with Crippen LogP contribution in [0.1, 0.15) is 27.0 Å². The summed E-state index contributed by atoms with van der Waals surface area (Å²) in [5.74, 6) is 0.302. The van der Waals surface area contributed by atoms with Crippen LogP contribution in [0.4, 0.5) is 11.5 Å². The molecule has 4 rings (SSSR count). The maximum Gasteiger partial charge on any atom is 0.432 e. The normalized spacial score (nSPS) is 24.7. The van der Waals surface area contributed by atoms with Gasteiger partial charge in [-0.25, -0.2) is 19.5 Å². The van der Waals surface area contributed by atoms with Crippen LogP contribution < -0.4 is 10.8 Å². The predicted molar refractivity (Wildman–Crippen MR) is 148 cm³/mol. The first-order valence-corrected chi connectivity index (χ1v) is 14.9. The first-order chi connectivity index (χ1) is 18.9. The van der Waals surface area contributed by atoms with Crippen LogP contribution in [0.3, 0.4) is 0 Å². The van der Waals surface area contributed by atoms with E-state index >= 15 is 0 Å². The number of aliphatic hydroxyl groups excluding tert-OH is 2. The zero-order valence-electron chi connectivity index (χ0n) is 22.2.